The van der Waals surface area contributed by atoms with E-state index in [2.05, 4.69) is 25.7 Å². The fourth-order valence-electron chi connectivity index (χ4n) is 0.754. The third-order valence-electron chi connectivity index (χ3n) is 1.40. The maximum atomic E-state index is 11.1. The van der Waals surface area contributed by atoms with Crippen molar-refractivity contribution in [2.45, 2.75) is 0 Å². The number of pyridine rings is 1. The normalized spacial score (nSPS) is 9.69. The molecule has 0 aromatic carbocycles. The molecule has 0 saturated carbocycles. The van der Waals surface area contributed by atoms with E-state index < -0.39 is 17.1 Å². The van der Waals surface area contributed by atoms with Gasteiger partial charge in [-0.3, -0.25) is 4.79 Å². The standard InChI is InChI=1S/C7H6BrNO4/c1-13-7(12)4-6(11)5(10)3(8)2-9-4/h2,11H,1H3,(H,9,10). The molecule has 0 radical (unpaired) electrons. The van der Waals surface area contributed by atoms with Gasteiger partial charge in [0.15, 0.2) is 11.4 Å². The lowest BCUT2D eigenvalue weighted by atomic mass is 10.3. The molecule has 0 aliphatic rings. The molecule has 0 atom stereocenters. The van der Waals surface area contributed by atoms with Gasteiger partial charge in [0.05, 0.1) is 11.6 Å². The molecule has 6 heteroatoms. The van der Waals surface area contributed by atoms with Gasteiger partial charge in [0.25, 0.3) is 0 Å². The van der Waals surface area contributed by atoms with Crippen molar-refractivity contribution in [3.8, 4) is 5.75 Å². The first kappa shape index (κ1) is 9.79. The van der Waals surface area contributed by atoms with Crippen molar-refractivity contribution in [1.82, 2.24) is 4.98 Å². The highest BCUT2D eigenvalue weighted by atomic mass is 79.9. The van der Waals surface area contributed by atoms with Gasteiger partial charge in [0.2, 0.25) is 5.43 Å². The second kappa shape index (κ2) is 3.61. The van der Waals surface area contributed by atoms with Crippen molar-refractivity contribution in [3.63, 3.8) is 0 Å². The predicted octanol–water partition coefficient (Wildman–Crippen LogP) is 0.630. The molecule has 70 valence electrons. The maximum Gasteiger partial charge on any atom is 0.358 e. The number of hydrogen-bond acceptors (Lipinski definition) is 4. The van der Waals surface area contributed by atoms with Crippen LogP contribution >= 0.6 is 15.9 Å². The van der Waals surface area contributed by atoms with Crippen molar-refractivity contribution in [1.29, 1.82) is 0 Å². The van der Waals surface area contributed by atoms with E-state index in [9.17, 15) is 14.7 Å². The fourth-order valence-corrected chi connectivity index (χ4v) is 1.06. The number of aromatic hydroxyl groups is 1. The third-order valence-corrected chi connectivity index (χ3v) is 1.99. The maximum absolute atomic E-state index is 11.1. The first-order valence-corrected chi connectivity index (χ1v) is 4.05. The number of hydrogen-bond donors (Lipinski definition) is 2. The zero-order chi connectivity index (χ0) is 10.0. The molecule has 0 aliphatic carbocycles. The molecule has 1 aromatic heterocycles. The summed E-state index contributed by atoms with van der Waals surface area (Å²) in [5.74, 6) is -1.44. The van der Waals surface area contributed by atoms with Crippen LogP contribution in [0.1, 0.15) is 10.5 Å². The van der Waals surface area contributed by atoms with Crippen LogP contribution in [0.5, 0.6) is 5.75 Å². The molecule has 1 rings (SSSR count). The summed E-state index contributed by atoms with van der Waals surface area (Å²) in [6, 6.07) is 0. The first-order valence-electron chi connectivity index (χ1n) is 3.26. The van der Waals surface area contributed by atoms with Gasteiger partial charge in [-0.15, -0.1) is 0 Å². The van der Waals surface area contributed by atoms with E-state index in [0.29, 0.717) is 0 Å². The molecule has 1 heterocycles. The molecule has 2 N–H and O–H groups in total. The minimum atomic E-state index is -0.790. The minimum absolute atomic E-state index is 0.151. The molecule has 0 amide bonds. The lowest BCUT2D eigenvalue weighted by Crippen LogP contribution is -2.12. The molecule has 0 fully saturated rings. The van der Waals surface area contributed by atoms with Crippen LogP contribution < -0.4 is 5.43 Å². The summed E-state index contributed by atoms with van der Waals surface area (Å²) in [7, 11) is 1.15. The van der Waals surface area contributed by atoms with Gasteiger partial charge in [-0.25, -0.2) is 4.79 Å². The topological polar surface area (TPSA) is 79.4 Å². The number of ether oxygens (including phenoxy) is 1. The Morgan fingerprint density at radius 2 is 2.31 bits per heavy atom. The van der Waals surface area contributed by atoms with E-state index in [1.165, 1.54) is 6.20 Å². The Balaban J connectivity index is 3.35. The van der Waals surface area contributed by atoms with E-state index in [0.717, 1.165) is 7.11 Å². The molecule has 0 saturated heterocycles. The Morgan fingerprint density at radius 3 is 2.85 bits per heavy atom. The van der Waals surface area contributed by atoms with Gasteiger partial charge in [0, 0.05) is 6.20 Å². The Morgan fingerprint density at radius 1 is 1.69 bits per heavy atom. The average molecular weight is 248 g/mol. The number of halogens is 1. The van der Waals surface area contributed by atoms with Gasteiger partial charge in [-0.05, 0) is 15.9 Å². The van der Waals surface area contributed by atoms with Crippen LogP contribution in [0.2, 0.25) is 0 Å². The van der Waals surface area contributed by atoms with Crippen molar-refractivity contribution in [3.05, 3.63) is 26.6 Å². The highest BCUT2D eigenvalue weighted by Gasteiger charge is 2.15. The summed E-state index contributed by atoms with van der Waals surface area (Å²) in [6.07, 6.45) is 1.26. The predicted molar refractivity (Wildman–Crippen MR) is 47.8 cm³/mol. The summed E-state index contributed by atoms with van der Waals surface area (Å²) < 4.78 is 4.48. The van der Waals surface area contributed by atoms with Crippen molar-refractivity contribution >= 4 is 21.9 Å². The highest BCUT2D eigenvalue weighted by molar-refractivity contribution is 9.10. The van der Waals surface area contributed by atoms with Crippen LogP contribution in [0.25, 0.3) is 0 Å². The largest absolute Gasteiger partial charge is 0.502 e. The Hall–Kier alpha value is -1.30. The van der Waals surface area contributed by atoms with Crippen molar-refractivity contribution in [2.24, 2.45) is 0 Å². The Bertz CT molecular complexity index is 398. The van der Waals surface area contributed by atoms with Crippen LogP contribution in [0.3, 0.4) is 0 Å². The summed E-state index contributed by atoms with van der Waals surface area (Å²) in [4.78, 5) is 24.4. The summed E-state index contributed by atoms with van der Waals surface area (Å²) in [5, 5.41) is 9.21. The van der Waals surface area contributed by atoms with Crippen LogP contribution in [0.4, 0.5) is 0 Å². The number of H-pyrrole nitrogens is 1. The van der Waals surface area contributed by atoms with Crippen LogP contribution in [0, 0.1) is 0 Å². The van der Waals surface area contributed by atoms with Crippen molar-refractivity contribution in [2.75, 3.05) is 7.11 Å². The number of carbonyl (C=O) groups is 1. The van der Waals surface area contributed by atoms with Crippen LogP contribution in [-0.2, 0) is 4.74 Å². The molecule has 0 spiro atoms. The summed E-state index contributed by atoms with van der Waals surface area (Å²) in [5.41, 5.74) is -0.908. The van der Waals surface area contributed by atoms with Gasteiger partial charge in [0.1, 0.15) is 0 Å². The SMILES string of the molecule is COC(=O)c1[nH]cc(Br)c(=O)c1O. The van der Waals surface area contributed by atoms with Crippen LogP contribution in [0.15, 0.2) is 15.5 Å². The Kier molecular flexibility index (Phi) is 2.72. The Labute approximate surface area is 81.5 Å². The quantitative estimate of drug-likeness (QED) is 0.714. The fraction of sp³-hybridized carbons (Fsp3) is 0.143. The van der Waals surface area contributed by atoms with E-state index in [1.54, 1.807) is 0 Å². The van der Waals surface area contributed by atoms with Gasteiger partial charge < -0.3 is 14.8 Å². The minimum Gasteiger partial charge on any atom is -0.502 e. The van der Waals surface area contributed by atoms with Gasteiger partial charge in [-0.2, -0.15) is 0 Å². The van der Waals surface area contributed by atoms with E-state index in [-0.39, 0.29) is 10.2 Å². The molecule has 5 nitrogen and oxygen atoms in total. The zero-order valence-electron chi connectivity index (χ0n) is 6.63. The van der Waals surface area contributed by atoms with Gasteiger partial charge >= 0.3 is 5.97 Å². The van der Waals surface area contributed by atoms with Crippen LogP contribution in [-0.4, -0.2) is 23.2 Å². The number of carbonyl (C=O) groups excluding carboxylic acids is 1. The van der Waals surface area contributed by atoms with Crippen molar-refractivity contribution < 1.29 is 14.6 Å². The summed E-state index contributed by atoms with van der Waals surface area (Å²) in [6.45, 7) is 0. The molecule has 1 aromatic rings. The molecule has 0 bridgehead atoms. The molecular formula is C7H6BrNO4. The highest BCUT2D eigenvalue weighted by Crippen LogP contribution is 2.13. The molecule has 0 unspecified atom stereocenters. The number of aromatic nitrogens is 1. The second-order valence-electron chi connectivity index (χ2n) is 2.18. The first-order chi connectivity index (χ1) is 6.07. The lowest BCUT2D eigenvalue weighted by Gasteiger charge is -2.01. The average Bonchev–Trinajstić information content (AvgIpc) is 2.13. The summed E-state index contributed by atoms with van der Waals surface area (Å²) >= 11 is 2.90. The monoisotopic (exact) mass is 247 g/mol. The molecule has 0 aliphatic heterocycles. The number of aromatic amines is 1. The smallest absolute Gasteiger partial charge is 0.358 e. The van der Waals surface area contributed by atoms with Gasteiger partial charge in [-0.1, -0.05) is 0 Å². The number of methoxy groups -OCH3 is 1. The van der Waals surface area contributed by atoms with E-state index in [1.807, 2.05) is 0 Å². The number of esters is 1. The zero-order valence-corrected chi connectivity index (χ0v) is 8.21. The molecule has 13 heavy (non-hydrogen) atoms. The van der Waals surface area contributed by atoms with E-state index in [4.69, 9.17) is 0 Å². The van der Waals surface area contributed by atoms with E-state index >= 15 is 0 Å². The number of rotatable bonds is 1. The number of nitrogens with one attached hydrogen (secondary N) is 1. The molecular weight excluding hydrogens is 242 g/mol. The third kappa shape index (κ3) is 1.72. The lowest BCUT2D eigenvalue weighted by molar-refractivity contribution is 0.0590. The second-order valence-corrected chi connectivity index (χ2v) is 3.04.